The summed E-state index contributed by atoms with van der Waals surface area (Å²) in [6, 6.07) is 0.0533. The van der Waals surface area contributed by atoms with Gasteiger partial charge in [-0.05, 0) is 33.1 Å². The van der Waals surface area contributed by atoms with E-state index in [2.05, 4.69) is 6.92 Å². The molecule has 0 aromatic heterocycles. The molecule has 0 heterocycles. The molecule has 86 valence electrons. The average Bonchev–Trinajstić information content (AvgIpc) is 2.12. The number of rotatable bonds is 7. The molecule has 0 aliphatic heterocycles. The first-order chi connectivity index (χ1) is 6.45. The summed E-state index contributed by atoms with van der Waals surface area (Å²) >= 11 is 0. The van der Waals surface area contributed by atoms with E-state index in [1.165, 1.54) is 0 Å². The molecule has 3 nitrogen and oxygen atoms in total. The van der Waals surface area contributed by atoms with Crippen molar-refractivity contribution in [2.75, 3.05) is 20.3 Å². The molecule has 0 amide bonds. The second-order valence-corrected chi connectivity index (χ2v) is 4.32. The predicted molar refractivity (Wildman–Crippen MR) is 59.3 cm³/mol. The maximum atomic E-state index is 6.14. The Labute approximate surface area is 88.0 Å². The van der Waals surface area contributed by atoms with Crippen LogP contribution >= 0.6 is 0 Å². The highest BCUT2D eigenvalue weighted by Gasteiger charge is 2.30. The molecule has 0 saturated carbocycles. The normalized spacial score (nSPS) is 16.7. The molecular weight excluding hydrogens is 178 g/mol. The van der Waals surface area contributed by atoms with E-state index in [0.717, 1.165) is 13.0 Å². The third kappa shape index (κ3) is 4.40. The van der Waals surface area contributed by atoms with Gasteiger partial charge in [0.2, 0.25) is 0 Å². The molecule has 0 saturated heterocycles. The standard InChI is InChI=1S/C11H25NO2/c1-6-14-11(3,4)10(12)9(2)7-8-13-5/h9-10H,6-8,12H2,1-5H3. The van der Waals surface area contributed by atoms with Crippen LogP contribution in [0.4, 0.5) is 0 Å². The Hall–Kier alpha value is -0.120. The van der Waals surface area contributed by atoms with Gasteiger partial charge in [-0.15, -0.1) is 0 Å². The van der Waals surface area contributed by atoms with Crippen LogP contribution in [0.3, 0.4) is 0 Å². The van der Waals surface area contributed by atoms with E-state index in [0.29, 0.717) is 12.5 Å². The molecule has 0 aromatic carbocycles. The molecular formula is C11H25NO2. The summed E-state index contributed by atoms with van der Waals surface area (Å²) < 4.78 is 10.7. The summed E-state index contributed by atoms with van der Waals surface area (Å²) in [5.74, 6) is 0.413. The van der Waals surface area contributed by atoms with E-state index < -0.39 is 0 Å². The van der Waals surface area contributed by atoms with Crippen molar-refractivity contribution in [3.8, 4) is 0 Å². The second kappa shape index (κ2) is 6.38. The zero-order chi connectivity index (χ0) is 11.2. The van der Waals surface area contributed by atoms with Gasteiger partial charge in [0.05, 0.1) is 5.60 Å². The van der Waals surface area contributed by atoms with Crippen LogP contribution in [-0.4, -0.2) is 32.0 Å². The molecule has 0 spiro atoms. The molecule has 0 fully saturated rings. The van der Waals surface area contributed by atoms with Gasteiger partial charge in [0.1, 0.15) is 0 Å². The van der Waals surface area contributed by atoms with Crippen LogP contribution in [0.1, 0.15) is 34.1 Å². The number of hydrogen-bond donors (Lipinski definition) is 1. The first-order valence-corrected chi connectivity index (χ1v) is 5.34. The Morgan fingerprint density at radius 3 is 2.36 bits per heavy atom. The van der Waals surface area contributed by atoms with Crippen LogP contribution in [-0.2, 0) is 9.47 Å². The zero-order valence-electron chi connectivity index (χ0n) is 10.2. The fourth-order valence-corrected chi connectivity index (χ4v) is 1.64. The third-order valence-electron chi connectivity index (χ3n) is 2.71. The minimum absolute atomic E-state index is 0.0533. The van der Waals surface area contributed by atoms with Crippen LogP contribution in [0.25, 0.3) is 0 Å². The Kier molecular flexibility index (Phi) is 6.33. The van der Waals surface area contributed by atoms with Gasteiger partial charge in [-0.3, -0.25) is 0 Å². The number of methoxy groups -OCH3 is 1. The predicted octanol–water partition coefficient (Wildman–Crippen LogP) is 1.80. The van der Waals surface area contributed by atoms with Crippen molar-refractivity contribution in [1.29, 1.82) is 0 Å². The lowest BCUT2D eigenvalue weighted by Crippen LogP contribution is -2.49. The highest BCUT2D eigenvalue weighted by molar-refractivity contribution is 4.86. The molecule has 14 heavy (non-hydrogen) atoms. The van der Waals surface area contributed by atoms with Crippen molar-refractivity contribution in [3.05, 3.63) is 0 Å². The average molecular weight is 203 g/mol. The maximum absolute atomic E-state index is 6.14. The van der Waals surface area contributed by atoms with E-state index in [-0.39, 0.29) is 11.6 Å². The van der Waals surface area contributed by atoms with E-state index in [9.17, 15) is 0 Å². The van der Waals surface area contributed by atoms with Crippen molar-refractivity contribution in [3.63, 3.8) is 0 Å². The molecule has 2 unspecified atom stereocenters. The van der Waals surface area contributed by atoms with Gasteiger partial charge in [0.15, 0.2) is 0 Å². The molecule has 0 bridgehead atoms. The number of ether oxygens (including phenoxy) is 2. The summed E-state index contributed by atoms with van der Waals surface area (Å²) in [6.07, 6.45) is 0.980. The van der Waals surface area contributed by atoms with Crippen molar-refractivity contribution >= 4 is 0 Å². The highest BCUT2D eigenvalue weighted by atomic mass is 16.5. The lowest BCUT2D eigenvalue weighted by atomic mass is 9.87. The van der Waals surface area contributed by atoms with Gasteiger partial charge in [-0.1, -0.05) is 6.92 Å². The highest BCUT2D eigenvalue weighted by Crippen LogP contribution is 2.21. The summed E-state index contributed by atoms with van der Waals surface area (Å²) in [4.78, 5) is 0. The van der Waals surface area contributed by atoms with Crippen molar-refractivity contribution in [2.45, 2.75) is 45.8 Å². The minimum Gasteiger partial charge on any atom is -0.385 e. The fraction of sp³-hybridized carbons (Fsp3) is 1.00. The largest absolute Gasteiger partial charge is 0.385 e. The summed E-state index contributed by atoms with van der Waals surface area (Å²) in [5, 5.41) is 0. The van der Waals surface area contributed by atoms with E-state index in [4.69, 9.17) is 15.2 Å². The minimum atomic E-state index is -0.248. The van der Waals surface area contributed by atoms with E-state index >= 15 is 0 Å². The lowest BCUT2D eigenvalue weighted by molar-refractivity contribution is -0.0431. The van der Waals surface area contributed by atoms with Crippen molar-refractivity contribution < 1.29 is 9.47 Å². The summed E-state index contributed by atoms with van der Waals surface area (Å²) in [5.41, 5.74) is 5.89. The van der Waals surface area contributed by atoms with Crippen LogP contribution in [0.15, 0.2) is 0 Å². The Bertz CT molecular complexity index is 148. The zero-order valence-corrected chi connectivity index (χ0v) is 10.2. The topological polar surface area (TPSA) is 44.5 Å². The molecule has 0 radical (unpaired) electrons. The first kappa shape index (κ1) is 13.9. The molecule has 0 aliphatic rings. The fourth-order valence-electron chi connectivity index (χ4n) is 1.64. The molecule has 0 aromatic rings. The first-order valence-electron chi connectivity index (χ1n) is 5.34. The maximum Gasteiger partial charge on any atom is 0.0779 e. The molecule has 3 heteroatoms. The third-order valence-corrected chi connectivity index (χ3v) is 2.71. The van der Waals surface area contributed by atoms with E-state index in [1.807, 2.05) is 20.8 Å². The Morgan fingerprint density at radius 2 is 1.93 bits per heavy atom. The lowest BCUT2D eigenvalue weighted by Gasteiger charge is -2.35. The smallest absolute Gasteiger partial charge is 0.0779 e. The van der Waals surface area contributed by atoms with Crippen LogP contribution in [0.5, 0.6) is 0 Å². The van der Waals surface area contributed by atoms with Gasteiger partial charge in [-0.2, -0.15) is 0 Å². The van der Waals surface area contributed by atoms with Gasteiger partial charge in [0, 0.05) is 26.4 Å². The van der Waals surface area contributed by atoms with Crippen LogP contribution < -0.4 is 5.73 Å². The molecule has 0 aliphatic carbocycles. The number of nitrogens with two attached hydrogens (primary N) is 1. The van der Waals surface area contributed by atoms with Crippen molar-refractivity contribution in [1.82, 2.24) is 0 Å². The monoisotopic (exact) mass is 203 g/mol. The van der Waals surface area contributed by atoms with Gasteiger partial charge < -0.3 is 15.2 Å². The Balaban J connectivity index is 4.07. The molecule has 2 N–H and O–H groups in total. The number of hydrogen-bond acceptors (Lipinski definition) is 3. The summed E-state index contributed by atoms with van der Waals surface area (Å²) in [6.45, 7) is 9.70. The molecule has 2 atom stereocenters. The second-order valence-electron chi connectivity index (χ2n) is 4.32. The van der Waals surface area contributed by atoms with Crippen LogP contribution in [0.2, 0.25) is 0 Å². The quantitative estimate of drug-likeness (QED) is 0.686. The van der Waals surface area contributed by atoms with Crippen molar-refractivity contribution in [2.24, 2.45) is 11.7 Å². The van der Waals surface area contributed by atoms with Crippen LogP contribution in [0, 0.1) is 5.92 Å². The SMILES string of the molecule is CCOC(C)(C)C(N)C(C)CCOC. The Morgan fingerprint density at radius 1 is 1.36 bits per heavy atom. The van der Waals surface area contributed by atoms with Gasteiger partial charge in [0.25, 0.3) is 0 Å². The van der Waals surface area contributed by atoms with E-state index in [1.54, 1.807) is 7.11 Å². The van der Waals surface area contributed by atoms with Gasteiger partial charge in [-0.25, -0.2) is 0 Å². The molecule has 0 rings (SSSR count). The summed E-state index contributed by atoms with van der Waals surface area (Å²) in [7, 11) is 1.71. The van der Waals surface area contributed by atoms with Gasteiger partial charge >= 0.3 is 0 Å².